The Bertz CT molecular complexity index is 428. The van der Waals surface area contributed by atoms with Gasteiger partial charge in [-0.2, -0.15) is 4.99 Å². The maximum atomic E-state index is 13.3. The third kappa shape index (κ3) is 2.08. The van der Waals surface area contributed by atoms with Crippen LogP contribution in [-0.4, -0.2) is 6.08 Å². The number of halogens is 2. The van der Waals surface area contributed by atoms with E-state index in [1.165, 1.54) is 12.1 Å². The summed E-state index contributed by atoms with van der Waals surface area (Å²) in [5, 5.41) is 0. The van der Waals surface area contributed by atoms with E-state index in [0.29, 0.717) is 4.47 Å². The SMILES string of the molecule is O=C=NC1(c2cc(F)cc(Br)c2)CCCC1. The summed E-state index contributed by atoms with van der Waals surface area (Å²) < 4.78 is 14.0. The molecule has 0 heterocycles. The second kappa shape index (κ2) is 4.48. The van der Waals surface area contributed by atoms with Gasteiger partial charge in [0, 0.05) is 4.47 Å². The van der Waals surface area contributed by atoms with E-state index < -0.39 is 5.54 Å². The minimum atomic E-state index is -0.549. The number of carbonyl (C=O) groups excluding carboxylic acids is 1. The van der Waals surface area contributed by atoms with Crippen LogP contribution in [0.3, 0.4) is 0 Å². The average Bonchev–Trinajstić information content (AvgIpc) is 2.66. The third-order valence-corrected chi connectivity index (χ3v) is 3.55. The smallest absolute Gasteiger partial charge is 0.211 e. The van der Waals surface area contributed by atoms with Crippen molar-refractivity contribution in [2.24, 2.45) is 4.99 Å². The van der Waals surface area contributed by atoms with Gasteiger partial charge in [-0.05, 0) is 36.6 Å². The molecule has 1 aromatic rings. The molecule has 0 amide bonds. The predicted molar refractivity (Wildman–Crippen MR) is 62.4 cm³/mol. The van der Waals surface area contributed by atoms with Crippen LogP contribution in [0.1, 0.15) is 31.2 Å². The van der Waals surface area contributed by atoms with Gasteiger partial charge in [-0.3, -0.25) is 0 Å². The van der Waals surface area contributed by atoms with Gasteiger partial charge in [0.2, 0.25) is 6.08 Å². The van der Waals surface area contributed by atoms with E-state index in [-0.39, 0.29) is 5.82 Å². The van der Waals surface area contributed by atoms with Crippen molar-refractivity contribution in [2.75, 3.05) is 0 Å². The fourth-order valence-corrected chi connectivity index (χ4v) is 2.80. The molecule has 1 fully saturated rings. The molecule has 0 bridgehead atoms. The van der Waals surface area contributed by atoms with Crippen LogP contribution in [0.4, 0.5) is 4.39 Å². The van der Waals surface area contributed by atoms with Gasteiger partial charge < -0.3 is 0 Å². The van der Waals surface area contributed by atoms with Gasteiger partial charge in [0.1, 0.15) is 5.82 Å². The van der Waals surface area contributed by atoms with Crippen LogP contribution in [0.15, 0.2) is 27.7 Å². The first kappa shape index (κ1) is 11.5. The van der Waals surface area contributed by atoms with Crippen molar-refractivity contribution in [1.82, 2.24) is 0 Å². The molecule has 2 rings (SSSR count). The summed E-state index contributed by atoms with van der Waals surface area (Å²) >= 11 is 3.26. The average molecular weight is 284 g/mol. The lowest BCUT2D eigenvalue weighted by molar-refractivity contribution is 0.452. The lowest BCUT2D eigenvalue weighted by atomic mass is 9.89. The van der Waals surface area contributed by atoms with Gasteiger partial charge in [0.15, 0.2) is 0 Å². The van der Waals surface area contributed by atoms with Crippen molar-refractivity contribution < 1.29 is 9.18 Å². The topological polar surface area (TPSA) is 29.4 Å². The standard InChI is InChI=1S/C12H11BrFNO/c13-10-5-9(6-11(14)7-10)12(15-8-16)3-1-2-4-12/h5-7H,1-4H2. The Balaban J connectivity index is 2.50. The van der Waals surface area contributed by atoms with E-state index in [1.807, 2.05) is 6.07 Å². The Morgan fingerprint density at radius 3 is 2.56 bits per heavy atom. The number of aliphatic imine (C=N–C) groups is 1. The molecule has 0 saturated heterocycles. The minimum absolute atomic E-state index is 0.309. The van der Waals surface area contributed by atoms with Crippen molar-refractivity contribution >= 4 is 22.0 Å². The van der Waals surface area contributed by atoms with E-state index in [0.717, 1.165) is 31.2 Å². The first-order valence-corrected chi connectivity index (χ1v) is 6.01. The maximum absolute atomic E-state index is 13.3. The lowest BCUT2D eigenvalue weighted by Crippen LogP contribution is -2.19. The highest BCUT2D eigenvalue weighted by atomic mass is 79.9. The molecule has 16 heavy (non-hydrogen) atoms. The molecular weight excluding hydrogens is 273 g/mol. The second-order valence-electron chi connectivity index (χ2n) is 4.10. The zero-order valence-corrected chi connectivity index (χ0v) is 10.3. The van der Waals surface area contributed by atoms with Crippen molar-refractivity contribution in [3.05, 3.63) is 34.1 Å². The zero-order chi connectivity index (χ0) is 11.6. The molecule has 0 aliphatic heterocycles. The van der Waals surface area contributed by atoms with Crippen molar-refractivity contribution in [3.8, 4) is 0 Å². The predicted octanol–water partition coefficient (Wildman–Crippen LogP) is 3.69. The molecule has 2 nitrogen and oxygen atoms in total. The maximum Gasteiger partial charge on any atom is 0.235 e. The molecule has 0 radical (unpaired) electrons. The highest BCUT2D eigenvalue weighted by molar-refractivity contribution is 9.10. The van der Waals surface area contributed by atoms with E-state index in [4.69, 9.17) is 0 Å². The Kier molecular flexibility index (Phi) is 3.22. The van der Waals surface area contributed by atoms with Crippen LogP contribution in [0.25, 0.3) is 0 Å². The summed E-state index contributed by atoms with van der Waals surface area (Å²) in [6, 6.07) is 4.68. The van der Waals surface area contributed by atoms with Crippen LogP contribution in [0.2, 0.25) is 0 Å². The first-order valence-electron chi connectivity index (χ1n) is 5.22. The summed E-state index contributed by atoms with van der Waals surface area (Å²) in [5.41, 5.74) is 0.215. The molecule has 0 N–H and O–H groups in total. The number of rotatable bonds is 2. The lowest BCUT2D eigenvalue weighted by Gasteiger charge is -2.23. The van der Waals surface area contributed by atoms with Crippen LogP contribution < -0.4 is 0 Å². The quantitative estimate of drug-likeness (QED) is 0.601. The van der Waals surface area contributed by atoms with Crippen LogP contribution in [0.5, 0.6) is 0 Å². The molecule has 0 aromatic heterocycles. The molecule has 0 atom stereocenters. The number of hydrogen-bond donors (Lipinski definition) is 0. The van der Waals surface area contributed by atoms with E-state index in [1.54, 1.807) is 6.08 Å². The second-order valence-corrected chi connectivity index (χ2v) is 5.02. The number of isocyanates is 1. The number of benzene rings is 1. The van der Waals surface area contributed by atoms with Crippen LogP contribution in [-0.2, 0) is 10.3 Å². The summed E-state index contributed by atoms with van der Waals surface area (Å²) in [6.45, 7) is 0. The van der Waals surface area contributed by atoms with Gasteiger partial charge in [-0.25, -0.2) is 9.18 Å². The van der Waals surface area contributed by atoms with Crippen LogP contribution in [0, 0.1) is 5.82 Å². The van der Waals surface area contributed by atoms with Gasteiger partial charge in [-0.1, -0.05) is 28.8 Å². The van der Waals surface area contributed by atoms with Gasteiger partial charge in [0.05, 0.1) is 5.54 Å². The fraction of sp³-hybridized carbons (Fsp3) is 0.417. The first-order chi connectivity index (χ1) is 7.66. The normalized spacial score (nSPS) is 18.1. The minimum Gasteiger partial charge on any atom is -0.211 e. The largest absolute Gasteiger partial charge is 0.235 e. The summed E-state index contributed by atoms with van der Waals surface area (Å²) in [5.74, 6) is -0.309. The molecule has 4 heteroatoms. The molecule has 1 aliphatic carbocycles. The molecule has 1 aliphatic rings. The summed E-state index contributed by atoms with van der Waals surface area (Å²) in [7, 11) is 0. The number of nitrogens with zero attached hydrogens (tertiary/aromatic N) is 1. The fourth-order valence-electron chi connectivity index (χ4n) is 2.33. The van der Waals surface area contributed by atoms with Crippen LogP contribution >= 0.6 is 15.9 Å². The Morgan fingerprint density at radius 2 is 2.00 bits per heavy atom. The Labute approximate surface area is 102 Å². The highest BCUT2D eigenvalue weighted by Crippen LogP contribution is 2.42. The molecule has 84 valence electrons. The Hall–Kier alpha value is -0.990. The van der Waals surface area contributed by atoms with E-state index in [9.17, 15) is 9.18 Å². The molecule has 1 saturated carbocycles. The zero-order valence-electron chi connectivity index (χ0n) is 8.67. The van der Waals surface area contributed by atoms with Gasteiger partial charge >= 0.3 is 0 Å². The Morgan fingerprint density at radius 1 is 1.31 bits per heavy atom. The molecule has 0 spiro atoms. The van der Waals surface area contributed by atoms with E-state index in [2.05, 4.69) is 20.9 Å². The molecule has 1 aromatic carbocycles. The highest BCUT2D eigenvalue weighted by Gasteiger charge is 2.36. The van der Waals surface area contributed by atoms with Crippen molar-refractivity contribution in [2.45, 2.75) is 31.2 Å². The van der Waals surface area contributed by atoms with Gasteiger partial charge in [0.25, 0.3) is 0 Å². The molecule has 0 unspecified atom stereocenters. The summed E-state index contributed by atoms with van der Waals surface area (Å²) in [6.07, 6.45) is 5.23. The summed E-state index contributed by atoms with van der Waals surface area (Å²) in [4.78, 5) is 14.4. The van der Waals surface area contributed by atoms with E-state index >= 15 is 0 Å². The van der Waals surface area contributed by atoms with Crippen molar-refractivity contribution in [1.29, 1.82) is 0 Å². The van der Waals surface area contributed by atoms with Crippen molar-refractivity contribution in [3.63, 3.8) is 0 Å². The van der Waals surface area contributed by atoms with Gasteiger partial charge in [-0.15, -0.1) is 0 Å². The molecular formula is C12H11BrFNO. The number of hydrogen-bond acceptors (Lipinski definition) is 2. The third-order valence-electron chi connectivity index (χ3n) is 3.09. The monoisotopic (exact) mass is 283 g/mol.